The van der Waals surface area contributed by atoms with Gasteiger partial charge in [0.2, 0.25) is 5.91 Å². The zero-order valence-corrected chi connectivity index (χ0v) is 10.9. The van der Waals surface area contributed by atoms with Crippen LogP contribution in [0.25, 0.3) is 0 Å². The molecule has 5 nitrogen and oxygen atoms in total. The molecule has 0 aliphatic heterocycles. The molecule has 0 aliphatic rings. The lowest BCUT2D eigenvalue weighted by Crippen LogP contribution is -2.21. The Morgan fingerprint density at radius 1 is 1.39 bits per heavy atom. The van der Waals surface area contributed by atoms with Gasteiger partial charge in [-0.2, -0.15) is 0 Å². The number of nitrogens with one attached hydrogen (secondary N) is 1. The Hall–Kier alpha value is -1.91. The first-order valence-corrected chi connectivity index (χ1v) is 6.05. The molecule has 0 spiro atoms. The fourth-order valence-electron chi connectivity index (χ4n) is 1.79. The largest absolute Gasteiger partial charge is 0.326 e. The van der Waals surface area contributed by atoms with Crippen LogP contribution in [-0.4, -0.2) is 10.8 Å². The third-order valence-corrected chi connectivity index (χ3v) is 3.03. The van der Waals surface area contributed by atoms with Crippen molar-refractivity contribution >= 4 is 17.3 Å². The average molecular weight is 250 g/mol. The highest BCUT2D eigenvalue weighted by Gasteiger charge is 2.16. The maximum absolute atomic E-state index is 11.9. The molecule has 18 heavy (non-hydrogen) atoms. The summed E-state index contributed by atoms with van der Waals surface area (Å²) in [6.45, 7) is 5.57. The van der Waals surface area contributed by atoms with E-state index in [1.165, 1.54) is 6.07 Å². The molecule has 0 unspecified atom stereocenters. The molecule has 0 aliphatic carbocycles. The number of aryl methyl sites for hydroxylation is 1. The second-order valence-electron chi connectivity index (χ2n) is 4.26. The van der Waals surface area contributed by atoms with E-state index in [9.17, 15) is 14.9 Å². The summed E-state index contributed by atoms with van der Waals surface area (Å²) in [4.78, 5) is 22.2. The van der Waals surface area contributed by atoms with Gasteiger partial charge in [-0.15, -0.1) is 0 Å². The molecular weight excluding hydrogens is 232 g/mol. The number of anilines is 1. The number of carbonyl (C=O) groups is 1. The van der Waals surface area contributed by atoms with Gasteiger partial charge in [0.25, 0.3) is 5.69 Å². The molecule has 1 amide bonds. The Morgan fingerprint density at radius 2 is 2.00 bits per heavy atom. The highest BCUT2D eigenvalue weighted by molar-refractivity contribution is 5.92. The molecule has 0 radical (unpaired) electrons. The summed E-state index contributed by atoms with van der Waals surface area (Å²) < 4.78 is 0. The highest BCUT2D eigenvalue weighted by atomic mass is 16.6. The lowest BCUT2D eigenvalue weighted by molar-refractivity contribution is -0.385. The van der Waals surface area contributed by atoms with Crippen LogP contribution < -0.4 is 5.32 Å². The van der Waals surface area contributed by atoms with Crippen LogP contribution in [0.15, 0.2) is 18.2 Å². The minimum atomic E-state index is -0.442. The fraction of sp³-hybridized carbons (Fsp3) is 0.462. The summed E-state index contributed by atoms with van der Waals surface area (Å²) >= 11 is 0. The first kappa shape index (κ1) is 14.2. The van der Waals surface area contributed by atoms with Gasteiger partial charge < -0.3 is 5.32 Å². The predicted octanol–water partition coefficient (Wildman–Crippen LogP) is 3.28. The fourth-order valence-corrected chi connectivity index (χ4v) is 1.79. The van der Waals surface area contributed by atoms with Crippen molar-refractivity contribution in [3.63, 3.8) is 0 Å². The first-order chi connectivity index (χ1) is 8.49. The lowest BCUT2D eigenvalue weighted by Gasteiger charge is -2.12. The van der Waals surface area contributed by atoms with Crippen molar-refractivity contribution in [2.45, 2.75) is 33.6 Å². The Kier molecular flexibility index (Phi) is 4.83. The van der Waals surface area contributed by atoms with Gasteiger partial charge in [0, 0.05) is 23.2 Å². The third-order valence-electron chi connectivity index (χ3n) is 3.03. The molecule has 0 aromatic heterocycles. The van der Waals surface area contributed by atoms with Gasteiger partial charge in [0.1, 0.15) is 0 Å². The Bertz CT molecular complexity index is 454. The van der Waals surface area contributed by atoms with E-state index >= 15 is 0 Å². The van der Waals surface area contributed by atoms with Gasteiger partial charge in [0.15, 0.2) is 0 Å². The Morgan fingerprint density at radius 3 is 2.50 bits per heavy atom. The number of nitro benzene ring substituents is 1. The summed E-state index contributed by atoms with van der Waals surface area (Å²) in [5.74, 6) is -0.136. The summed E-state index contributed by atoms with van der Waals surface area (Å²) in [6, 6.07) is 4.72. The number of hydrogen-bond donors (Lipinski definition) is 1. The van der Waals surface area contributed by atoms with Crippen LogP contribution >= 0.6 is 0 Å². The van der Waals surface area contributed by atoms with Crippen LogP contribution in [-0.2, 0) is 4.79 Å². The van der Waals surface area contributed by atoms with Crippen molar-refractivity contribution < 1.29 is 9.72 Å². The van der Waals surface area contributed by atoms with E-state index in [1.807, 2.05) is 13.8 Å². The Balaban J connectivity index is 2.89. The number of carbonyl (C=O) groups excluding carboxylic acids is 1. The van der Waals surface area contributed by atoms with Crippen molar-refractivity contribution in [1.82, 2.24) is 0 Å². The molecule has 5 heteroatoms. The molecule has 1 aromatic carbocycles. The molecule has 1 N–H and O–H groups in total. The van der Waals surface area contributed by atoms with E-state index in [-0.39, 0.29) is 17.5 Å². The van der Waals surface area contributed by atoms with Crippen LogP contribution in [0.3, 0.4) is 0 Å². The second-order valence-corrected chi connectivity index (χ2v) is 4.26. The minimum Gasteiger partial charge on any atom is -0.326 e. The molecule has 0 fully saturated rings. The molecule has 0 bridgehead atoms. The van der Waals surface area contributed by atoms with Crippen molar-refractivity contribution in [3.8, 4) is 0 Å². The van der Waals surface area contributed by atoms with Crippen LogP contribution in [0.5, 0.6) is 0 Å². The standard InChI is InChI=1S/C13H18N2O3/c1-4-10(5-2)13(16)14-11-7-6-9(3)12(8-11)15(17)18/h6-8,10H,4-5H2,1-3H3,(H,14,16). The van der Waals surface area contributed by atoms with Crippen molar-refractivity contribution in [3.05, 3.63) is 33.9 Å². The van der Waals surface area contributed by atoms with Crippen LogP contribution in [0, 0.1) is 23.0 Å². The van der Waals surface area contributed by atoms with Crippen LogP contribution in [0.1, 0.15) is 32.3 Å². The third kappa shape index (κ3) is 3.29. The second kappa shape index (κ2) is 6.14. The van der Waals surface area contributed by atoms with Crippen LogP contribution in [0.2, 0.25) is 0 Å². The molecule has 0 heterocycles. The number of hydrogen-bond acceptors (Lipinski definition) is 3. The monoisotopic (exact) mass is 250 g/mol. The zero-order valence-electron chi connectivity index (χ0n) is 10.9. The molecule has 0 atom stereocenters. The van der Waals surface area contributed by atoms with Gasteiger partial charge in [0.05, 0.1) is 4.92 Å². The maximum Gasteiger partial charge on any atom is 0.274 e. The molecule has 1 aromatic rings. The first-order valence-electron chi connectivity index (χ1n) is 6.05. The molecule has 1 rings (SSSR count). The lowest BCUT2D eigenvalue weighted by atomic mass is 10.0. The van der Waals surface area contributed by atoms with E-state index in [0.717, 1.165) is 12.8 Å². The normalized spacial score (nSPS) is 10.4. The van der Waals surface area contributed by atoms with E-state index in [0.29, 0.717) is 11.3 Å². The van der Waals surface area contributed by atoms with Crippen molar-refractivity contribution in [2.24, 2.45) is 5.92 Å². The summed E-state index contributed by atoms with van der Waals surface area (Å²) in [5, 5.41) is 13.5. The molecular formula is C13H18N2O3. The van der Waals surface area contributed by atoms with Crippen molar-refractivity contribution in [1.29, 1.82) is 0 Å². The quantitative estimate of drug-likeness (QED) is 0.643. The zero-order chi connectivity index (χ0) is 13.7. The topological polar surface area (TPSA) is 72.2 Å². The highest BCUT2D eigenvalue weighted by Crippen LogP contribution is 2.23. The van der Waals surface area contributed by atoms with Gasteiger partial charge >= 0.3 is 0 Å². The SMILES string of the molecule is CCC(CC)C(=O)Nc1ccc(C)c([N+](=O)[O-])c1. The summed E-state index contributed by atoms with van der Waals surface area (Å²) in [6.07, 6.45) is 1.52. The molecule has 98 valence electrons. The van der Waals surface area contributed by atoms with Crippen molar-refractivity contribution in [2.75, 3.05) is 5.32 Å². The molecule has 0 saturated heterocycles. The van der Waals surface area contributed by atoms with Crippen LogP contribution in [0.4, 0.5) is 11.4 Å². The molecule has 0 saturated carbocycles. The Labute approximate surface area is 106 Å². The van der Waals surface area contributed by atoms with Gasteiger partial charge in [-0.3, -0.25) is 14.9 Å². The minimum absolute atomic E-state index is 0.0253. The van der Waals surface area contributed by atoms with E-state index in [4.69, 9.17) is 0 Å². The van der Waals surface area contributed by atoms with E-state index < -0.39 is 4.92 Å². The number of amides is 1. The number of rotatable bonds is 5. The number of nitrogens with zero attached hydrogens (tertiary/aromatic N) is 1. The summed E-state index contributed by atoms with van der Waals surface area (Å²) in [5.41, 5.74) is 1.09. The van der Waals surface area contributed by atoms with Gasteiger partial charge in [-0.25, -0.2) is 0 Å². The summed E-state index contributed by atoms with van der Waals surface area (Å²) in [7, 11) is 0. The average Bonchev–Trinajstić information content (AvgIpc) is 2.32. The maximum atomic E-state index is 11.9. The number of nitro groups is 1. The smallest absolute Gasteiger partial charge is 0.274 e. The number of benzene rings is 1. The van der Waals surface area contributed by atoms with Gasteiger partial charge in [-0.05, 0) is 25.8 Å². The van der Waals surface area contributed by atoms with Gasteiger partial charge in [-0.1, -0.05) is 19.9 Å². The predicted molar refractivity (Wildman–Crippen MR) is 70.5 cm³/mol. The van der Waals surface area contributed by atoms with E-state index in [2.05, 4.69) is 5.32 Å². The van der Waals surface area contributed by atoms with E-state index in [1.54, 1.807) is 19.1 Å².